The average Bonchev–Trinajstić information content (AvgIpc) is 3.24. The number of rotatable bonds is 4. The van der Waals surface area contributed by atoms with Crippen LogP contribution in [0, 0.1) is 0 Å². The molecule has 0 N–H and O–H groups in total. The Morgan fingerprint density at radius 2 is 1.55 bits per heavy atom. The summed E-state index contributed by atoms with van der Waals surface area (Å²) in [4.78, 5) is 14.2. The van der Waals surface area contributed by atoms with Crippen molar-refractivity contribution in [2.75, 3.05) is 6.61 Å². The maximum atomic E-state index is 12.9. The molecular weight excluding hydrogens is 399 g/mol. The molecule has 0 aliphatic carbocycles. The summed E-state index contributed by atoms with van der Waals surface area (Å²) in [7, 11) is -2.03. The molecule has 8 heteroatoms. The molecule has 0 spiro atoms. The summed E-state index contributed by atoms with van der Waals surface area (Å²) in [5.41, 5.74) is -0.720. The normalized spacial score (nSPS) is 20.6. The van der Waals surface area contributed by atoms with Crippen LogP contribution in [-0.4, -0.2) is 37.6 Å². The lowest BCUT2D eigenvalue weighted by Crippen LogP contribution is -2.42. The van der Waals surface area contributed by atoms with E-state index in [-0.39, 0.29) is 17.1 Å². The standard InChI is InChI=1S/C21H32F3NO3Si/c1-19(2,3)28-18(26)25-16(13-27-29(7,8)20(4,5)6)17(25)14-9-11-15(12-10-14)21(22,23)24/h9-12,16-17H,13H2,1-8H3/t16-,17?,25?/m1/s1. The summed E-state index contributed by atoms with van der Waals surface area (Å²) in [6.45, 7) is 16.3. The number of alkyl halides is 3. The Bertz CT molecular complexity index is 734. The molecular formula is C21H32F3NO3Si. The van der Waals surface area contributed by atoms with Crippen LogP contribution in [0.3, 0.4) is 0 Å². The van der Waals surface area contributed by atoms with Crippen molar-refractivity contribution in [3.63, 3.8) is 0 Å². The molecule has 1 unspecified atom stereocenters. The molecule has 1 fully saturated rings. The first-order chi connectivity index (χ1) is 12.9. The summed E-state index contributed by atoms with van der Waals surface area (Å²) in [5.74, 6) is 0. The zero-order valence-corrected chi connectivity index (χ0v) is 19.5. The Labute approximate surface area is 172 Å². The molecule has 1 heterocycles. The Morgan fingerprint density at radius 3 is 1.97 bits per heavy atom. The van der Waals surface area contributed by atoms with E-state index >= 15 is 0 Å². The van der Waals surface area contributed by atoms with Crippen molar-refractivity contribution in [2.45, 2.75) is 83.5 Å². The van der Waals surface area contributed by atoms with Gasteiger partial charge in [0.1, 0.15) is 5.60 Å². The van der Waals surface area contributed by atoms with Gasteiger partial charge in [-0.05, 0) is 56.6 Å². The molecule has 1 aliphatic heterocycles. The van der Waals surface area contributed by atoms with E-state index in [0.717, 1.165) is 12.1 Å². The van der Waals surface area contributed by atoms with Gasteiger partial charge in [0.2, 0.25) is 0 Å². The van der Waals surface area contributed by atoms with Gasteiger partial charge in [0, 0.05) is 0 Å². The summed E-state index contributed by atoms with van der Waals surface area (Å²) in [6.07, 6.45) is -4.87. The number of hydrogen-bond acceptors (Lipinski definition) is 3. The van der Waals surface area contributed by atoms with E-state index in [0.29, 0.717) is 12.2 Å². The number of carbonyl (C=O) groups is 1. The SMILES string of the molecule is CC(C)(C)OC(=O)N1C(c2ccc(C(F)(F)F)cc2)[C@H]1CO[Si](C)(C)C(C)(C)C. The largest absolute Gasteiger partial charge is 0.444 e. The molecule has 0 saturated carbocycles. The minimum absolute atomic E-state index is 0.0164. The number of benzene rings is 1. The third-order valence-electron chi connectivity index (χ3n) is 5.54. The molecule has 1 amide bonds. The predicted molar refractivity (Wildman–Crippen MR) is 109 cm³/mol. The predicted octanol–water partition coefficient (Wildman–Crippen LogP) is 6.39. The molecule has 1 aromatic rings. The van der Waals surface area contributed by atoms with Gasteiger partial charge >= 0.3 is 12.3 Å². The number of ether oxygens (including phenoxy) is 1. The van der Waals surface area contributed by atoms with E-state index in [2.05, 4.69) is 33.9 Å². The maximum Gasteiger partial charge on any atom is 0.416 e. The molecule has 2 atom stereocenters. The van der Waals surface area contributed by atoms with Gasteiger partial charge in [0.15, 0.2) is 8.32 Å². The Morgan fingerprint density at radius 1 is 1.03 bits per heavy atom. The van der Waals surface area contributed by atoms with Gasteiger partial charge in [-0.1, -0.05) is 32.9 Å². The quantitative estimate of drug-likeness (QED) is 0.410. The fraction of sp³-hybridized carbons (Fsp3) is 0.667. The van der Waals surface area contributed by atoms with Crippen LogP contribution in [0.1, 0.15) is 58.7 Å². The minimum atomic E-state index is -4.39. The van der Waals surface area contributed by atoms with Gasteiger partial charge < -0.3 is 9.16 Å². The lowest BCUT2D eigenvalue weighted by Gasteiger charge is -2.36. The monoisotopic (exact) mass is 431 g/mol. The molecule has 164 valence electrons. The van der Waals surface area contributed by atoms with Crippen molar-refractivity contribution in [1.29, 1.82) is 0 Å². The summed E-state index contributed by atoms with van der Waals surface area (Å²) >= 11 is 0. The van der Waals surface area contributed by atoms with Gasteiger partial charge in [0.25, 0.3) is 0 Å². The molecule has 4 nitrogen and oxygen atoms in total. The molecule has 0 radical (unpaired) electrons. The van der Waals surface area contributed by atoms with E-state index in [9.17, 15) is 18.0 Å². The Kier molecular flexibility index (Phi) is 6.23. The van der Waals surface area contributed by atoms with Crippen molar-refractivity contribution >= 4 is 14.4 Å². The van der Waals surface area contributed by atoms with Gasteiger partial charge in [-0.2, -0.15) is 13.2 Å². The van der Waals surface area contributed by atoms with Crippen molar-refractivity contribution in [1.82, 2.24) is 4.90 Å². The highest BCUT2D eigenvalue weighted by molar-refractivity contribution is 6.74. The highest BCUT2D eigenvalue weighted by Gasteiger charge is 2.54. The Hall–Kier alpha value is -1.54. The fourth-order valence-corrected chi connectivity index (χ4v) is 3.80. The van der Waals surface area contributed by atoms with Crippen LogP contribution >= 0.6 is 0 Å². The second-order valence-corrected chi connectivity index (χ2v) is 14.9. The van der Waals surface area contributed by atoms with Crippen LogP contribution in [0.2, 0.25) is 18.1 Å². The lowest BCUT2D eigenvalue weighted by atomic mass is 10.1. The summed E-state index contributed by atoms with van der Waals surface area (Å²) in [6, 6.07) is 4.35. The molecule has 0 bridgehead atoms. The number of hydrogen-bond donors (Lipinski definition) is 0. The van der Waals surface area contributed by atoms with Gasteiger partial charge in [0.05, 0.1) is 24.3 Å². The zero-order chi connectivity index (χ0) is 22.4. The van der Waals surface area contributed by atoms with Crippen LogP contribution < -0.4 is 0 Å². The highest BCUT2D eigenvalue weighted by Crippen LogP contribution is 2.46. The lowest BCUT2D eigenvalue weighted by molar-refractivity contribution is -0.137. The van der Waals surface area contributed by atoms with Crippen LogP contribution in [0.15, 0.2) is 24.3 Å². The first-order valence-corrected chi connectivity index (χ1v) is 12.7. The molecule has 2 rings (SSSR count). The van der Waals surface area contributed by atoms with Gasteiger partial charge in [-0.25, -0.2) is 4.79 Å². The average molecular weight is 432 g/mol. The zero-order valence-electron chi connectivity index (χ0n) is 18.5. The molecule has 29 heavy (non-hydrogen) atoms. The number of nitrogens with zero attached hydrogens (tertiary/aromatic N) is 1. The first-order valence-electron chi connectivity index (χ1n) is 9.76. The molecule has 1 aliphatic rings. The highest BCUT2D eigenvalue weighted by atomic mass is 28.4. The second kappa shape index (κ2) is 7.61. The number of amides is 1. The van der Waals surface area contributed by atoms with Crippen LogP contribution in [-0.2, 0) is 15.3 Å². The van der Waals surface area contributed by atoms with Crippen molar-refractivity contribution < 1.29 is 27.1 Å². The summed E-state index contributed by atoms with van der Waals surface area (Å²) in [5, 5.41) is 0.0164. The fourth-order valence-electron chi connectivity index (χ4n) is 2.78. The van der Waals surface area contributed by atoms with E-state index in [1.165, 1.54) is 12.1 Å². The topological polar surface area (TPSA) is 38.5 Å². The Balaban J connectivity index is 2.21. The van der Waals surface area contributed by atoms with Crippen LogP contribution in [0.5, 0.6) is 0 Å². The van der Waals surface area contributed by atoms with Gasteiger partial charge in [-0.3, -0.25) is 4.90 Å². The van der Waals surface area contributed by atoms with Crippen LogP contribution in [0.4, 0.5) is 18.0 Å². The van der Waals surface area contributed by atoms with E-state index < -0.39 is 31.8 Å². The third kappa shape index (κ3) is 5.75. The van der Waals surface area contributed by atoms with Crippen LogP contribution in [0.25, 0.3) is 0 Å². The summed E-state index contributed by atoms with van der Waals surface area (Å²) < 4.78 is 50.4. The molecule has 0 aromatic heterocycles. The third-order valence-corrected chi connectivity index (χ3v) is 10.0. The molecule has 1 aromatic carbocycles. The smallest absolute Gasteiger partial charge is 0.416 e. The van der Waals surface area contributed by atoms with E-state index in [1.807, 2.05) is 0 Å². The van der Waals surface area contributed by atoms with Gasteiger partial charge in [-0.15, -0.1) is 0 Å². The maximum absolute atomic E-state index is 12.9. The van der Waals surface area contributed by atoms with Crippen molar-refractivity contribution in [2.24, 2.45) is 0 Å². The first kappa shape index (κ1) is 23.7. The number of halogens is 3. The van der Waals surface area contributed by atoms with Crippen molar-refractivity contribution in [3.05, 3.63) is 35.4 Å². The van der Waals surface area contributed by atoms with E-state index in [4.69, 9.17) is 9.16 Å². The van der Waals surface area contributed by atoms with Crippen molar-refractivity contribution in [3.8, 4) is 0 Å². The minimum Gasteiger partial charge on any atom is -0.444 e. The molecule has 1 saturated heterocycles. The second-order valence-electron chi connectivity index (χ2n) is 10.1. The van der Waals surface area contributed by atoms with E-state index in [1.54, 1.807) is 25.7 Å². The number of carbonyl (C=O) groups excluding carboxylic acids is 1.